The quantitative estimate of drug-likeness (QED) is 0.783. The average Bonchev–Trinajstić information content (AvgIpc) is 2.47. The molecule has 0 N–H and O–H groups in total. The maximum atomic E-state index is 12.0. The molecule has 0 heterocycles. The predicted octanol–water partition coefficient (Wildman–Crippen LogP) is 2.54. The van der Waals surface area contributed by atoms with Gasteiger partial charge >= 0.3 is 11.9 Å². The van der Waals surface area contributed by atoms with Crippen molar-refractivity contribution in [2.45, 2.75) is 46.7 Å². The number of ether oxygens (including phenoxy) is 2. The fourth-order valence-electron chi connectivity index (χ4n) is 2.87. The molecule has 0 amide bonds. The summed E-state index contributed by atoms with van der Waals surface area (Å²) >= 11 is 0. The molecule has 5 heteroatoms. The van der Waals surface area contributed by atoms with Crippen LogP contribution in [0.3, 0.4) is 0 Å². The zero-order chi connectivity index (χ0) is 17.0. The summed E-state index contributed by atoms with van der Waals surface area (Å²) in [5.74, 6) is -0.787. The summed E-state index contributed by atoms with van der Waals surface area (Å²) < 4.78 is 9.70. The zero-order valence-corrected chi connectivity index (χ0v) is 14.4. The minimum Gasteiger partial charge on any atom is -0.467 e. The Labute approximate surface area is 132 Å². The third-order valence-corrected chi connectivity index (χ3v) is 3.81. The Morgan fingerprint density at radius 3 is 1.59 bits per heavy atom. The first-order valence-corrected chi connectivity index (χ1v) is 7.26. The Morgan fingerprint density at radius 2 is 1.27 bits per heavy atom. The number of aryl methyl sites for hydroxylation is 3. The van der Waals surface area contributed by atoms with Crippen molar-refractivity contribution in [2.24, 2.45) is 0 Å². The van der Waals surface area contributed by atoms with Crippen LogP contribution in [0.4, 0.5) is 5.69 Å². The van der Waals surface area contributed by atoms with Crippen LogP contribution in [0.1, 0.15) is 30.5 Å². The van der Waals surface area contributed by atoms with E-state index in [0.717, 1.165) is 22.4 Å². The first-order valence-electron chi connectivity index (χ1n) is 7.26. The number of anilines is 1. The van der Waals surface area contributed by atoms with Crippen LogP contribution in [0, 0.1) is 20.8 Å². The molecule has 0 saturated carbocycles. The molecule has 22 heavy (non-hydrogen) atoms. The Morgan fingerprint density at radius 1 is 0.909 bits per heavy atom. The van der Waals surface area contributed by atoms with Crippen molar-refractivity contribution in [1.29, 1.82) is 0 Å². The van der Waals surface area contributed by atoms with Gasteiger partial charge < -0.3 is 14.4 Å². The van der Waals surface area contributed by atoms with Gasteiger partial charge in [-0.1, -0.05) is 17.7 Å². The number of rotatable bonds is 5. The number of carbonyl (C=O) groups is 2. The minimum atomic E-state index is -0.598. The van der Waals surface area contributed by atoms with Crippen LogP contribution < -0.4 is 4.90 Å². The van der Waals surface area contributed by atoms with Crippen LogP contribution in [0.15, 0.2) is 12.1 Å². The molecule has 0 spiro atoms. The molecular weight excluding hydrogens is 282 g/mol. The SMILES string of the molecule is COC(=O)C(C)N(c1c(C)cc(C)cc1C)C(C)C(=O)OC. The molecule has 0 aliphatic heterocycles. The number of methoxy groups -OCH3 is 2. The lowest BCUT2D eigenvalue weighted by molar-refractivity contribution is -0.144. The van der Waals surface area contributed by atoms with Gasteiger partial charge in [-0.25, -0.2) is 9.59 Å². The summed E-state index contributed by atoms with van der Waals surface area (Å²) in [5.41, 5.74) is 4.00. The number of nitrogens with zero attached hydrogens (tertiary/aromatic N) is 1. The standard InChI is InChI=1S/C17H25NO4/c1-10-8-11(2)15(12(3)9-10)18(13(4)16(19)21-6)14(5)17(20)22-7/h8-9,13-14H,1-7H3. The summed E-state index contributed by atoms with van der Waals surface area (Å²) in [6.07, 6.45) is 0. The summed E-state index contributed by atoms with van der Waals surface area (Å²) in [4.78, 5) is 25.8. The van der Waals surface area contributed by atoms with Gasteiger partial charge in [-0.15, -0.1) is 0 Å². The highest BCUT2D eigenvalue weighted by atomic mass is 16.5. The number of carbonyl (C=O) groups excluding carboxylic acids is 2. The van der Waals surface area contributed by atoms with Gasteiger partial charge in [0.15, 0.2) is 0 Å². The minimum absolute atomic E-state index is 0.393. The summed E-state index contributed by atoms with van der Waals surface area (Å²) in [7, 11) is 2.68. The third kappa shape index (κ3) is 3.59. The highest BCUT2D eigenvalue weighted by Gasteiger charge is 2.33. The monoisotopic (exact) mass is 307 g/mol. The van der Waals surface area contributed by atoms with Gasteiger partial charge in [-0.3, -0.25) is 0 Å². The molecule has 2 atom stereocenters. The average molecular weight is 307 g/mol. The molecule has 122 valence electrons. The largest absolute Gasteiger partial charge is 0.467 e. The van der Waals surface area contributed by atoms with E-state index in [1.807, 2.05) is 32.9 Å². The number of benzene rings is 1. The van der Waals surface area contributed by atoms with E-state index >= 15 is 0 Å². The lowest BCUT2D eigenvalue weighted by Gasteiger charge is -2.36. The molecular formula is C17H25NO4. The van der Waals surface area contributed by atoms with Crippen LogP contribution in [0.2, 0.25) is 0 Å². The van der Waals surface area contributed by atoms with Gasteiger partial charge in [0, 0.05) is 5.69 Å². The summed E-state index contributed by atoms with van der Waals surface area (Å²) in [6.45, 7) is 9.41. The van der Waals surface area contributed by atoms with E-state index in [1.165, 1.54) is 14.2 Å². The lowest BCUT2D eigenvalue weighted by atomic mass is 10.0. The van der Waals surface area contributed by atoms with Gasteiger partial charge in [-0.2, -0.15) is 0 Å². The van der Waals surface area contributed by atoms with Gasteiger partial charge in [-0.05, 0) is 45.7 Å². The van der Waals surface area contributed by atoms with Gasteiger partial charge in [0.1, 0.15) is 12.1 Å². The van der Waals surface area contributed by atoms with E-state index in [1.54, 1.807) is 18.7 Å². The molecule has 1 aromatic carbocycles. The van der Waals surface area contributed by atoms with E-state index in [2.05, 4.69) is 0 Å². The molecule has 2 unspecified atom stereocenters. The first kappa shape index (κ1) is 18.0. The molecule has 1 rings (SSSR count). The topological polar surface area (TPSA) is 55.8 Å². The molecule has 1 aromatic rings. The van der Waals surface area contributed by atoms with Crippen LogP contribution in [-0.2, 0) is 19.1 Å². The van der Waals surface area contributed by atoms with Gasteiger partial charge in [0.25, 0.3) is 0 Å². The van der Waals surface area contributed by atoms with Crippen molar-refractivity contribution >= 4 is 17.6 Å². The smallest absolute Gasteiger partial charge is 0.328 e. The van der Waals surface area contributed by atoms with Gasteiger partial charge in [0.05, 0.1) is 14.2 Å². The van der Waals surface area contributed by atoms with Gasteiger partial charge in [0.2, 0.25) is 0 Å². The fourth-order valence-corrected chi connectivity index (χ4v) is 2.87. The van der Waals surface area contributed by atoms with Crippen molar-refractivity contribution < 1.29 is 19.1 Å². The van der Waals surface area contributed by atoms with Crippen LogP contribution in [0.5, 0.6) is 0 Å². The maximum Gasteiger partial charge on any atom is 0.328 e. The highest BCUT2D eigenvalue weighted by molar-refractivity contribution is 5.87. The number of esters is 2. The number of hydrogen-bond donors (Lipinski definition) is 0. The van der Waals surface area contributed by atoms with E-state index < -0.39 is 24.0 Å². The second-order valence-corrected chi connectivity index (χ2v) is 5.55. The van der Waals surface area contributed by atoms with Crippen molar-refractivity contribution in [3.8, 4) is 0 Å². The Bertz CT molecular complexity index is 523. The number of hydrogen-bond acceptors (Lipinski definition) is 5. The van der Waals surface area contributed by atoms with E-state index in [4.69, 9.17) is 9.47 Å². The normalized spacial score (nSPS) is 13.2. The van der Waals surface area contributed by atoms with E-state index in [-0.39, 0.29) is 0 Å². The lowest BCUT2D eigenvalue weighted by Crippen LogP contribution is -2.49. The Kier molecular flexibility index (Phi) is 5.97. The molecule has 0 fully saturated rings. The van der Waals surface area contributed by atoms with Crippen molar-refractivity contribution in [3.63, 3.8) is 0 Å². The third-order valence-electron chi connectivity index (χ3n) is 3.81. The Balaban J connectivity index is 3.44. The zero-order valence-electron chi connectivity index (χ0n) is 14.4. The maximum absolute atomic E-state index is 12.0. The molecule has 0 aromatic heterocycles. The van der Waals surface area contributed by atoms with Crippen molar-refractivity contribution in [1.82, 2.24) is 0 Å². The van der Waals surface area contributed by atoms with Crippen LogP contribution in [0.25, 0.3) is 0 Å². The van der Waals surface area contributed by atoms with Crippen molar-refractivity contribution in [2.75, 3.05) is 19.1 Å². The highest BCUT2D eigenvalue weighted by Crippen LogP contribution is 2.30. The van der Waals surface area contributed by atoms with E-state index in [0.29, 0.717) is 0 Å². The second kappa shape index (κ2) is 7.29. The van der Waals surface area contributed by atoms with Crippen molar-refractivity contribution in [3.05, 3.63) is 28.8 Å². The first-order chi connectivity index (χ1) is 10.2. The summed E-state index contributed by atoms with van der Waals surface area (Å²) in [5, 5.41) is 0. The van der Waals surface area contributed by atoms with Crippen LogP contribution >= 0.6 is 0 Å². The predicted molar refractivity (Wildman–Crippen MR) is 86.1 cm³/mol. The molecule has 0 aliphatic rings. The molecule has 0 saturated heterocycles. The van der Waals surface area contributed by atoms with E-state index in [9.17, 15) is 9.59 Å². The molecule has 5 nitrogen and oxygen atoms in total. The second-order valence-electron chi connectivity index (χ2n) is 5.55. The van der Waals surface area contributed by atoms with Crippen LogP contribution in [-0.4, -0.2) is 38.2 Å². The summed E-state index contributed by atoms with van der Waals surface area (Å²) in [6, 6.07) is 2.87. The fraction of sp³-hybridized carbons (Fsp3) is 0.529. The molecule has 0 aliphatic carbocycles. The molecule has 0 bridgehead atoms. The Hall–Kier alpha value is -2.04. The molecule has 0 radical (unpaired) electrons.